The number of para-hydroxylation sites is 2. The van der Waals surface area contributed by atoms with Crippen molar-refractivity contribution in [3.05, 3.63) is 95.0 Å². The van der Waals surface area contributed by atoms with Crippen LogP contribution >= 0.6 is 0 Å². The molecule has 4 rings (SSSR count). The summed E-state index contributed by atoms with van der Waals surface area (Å²) >= 11 is 0. The van der Waals surface area contributed by atoms with Crippen LogP contribution in [0.3, 0.4) is 0 Å². The Balaban J connectivity index is 1.57. The number of hydrogen-bond donors (Lipinski definition) is 1. The van der Waals surface area contributed by atoms with E-state index in [-0.39, 0.29) is 0 Å². The first-order chi connectivity index (χ1) is 14.5. The summed E-state index contributed by atoms with van der Waals surface area (Å²) < 4.78 is 10.9. The molecule has 0 aliphatic heterocycles. The second-order valence-electron chi connectivity index (χ2n) is 6.41. The maximum atomic E-state index is 12.6. The molecular formula is C23H16N2O5. The normalized spacial score (nSPS) is 11.1. The van der Waals surface area contributed by atoms with Crippen LogP contribution in [0.5, 0.6) is 5.75 Å². The lowest BCUT2D eigenvalue weighted by Crippen LogP contribution is -2.20. The van der Waals surface area contributed by atoms with Crippen LogP contribution in [0, 0.1) is 0 Å². The molecule has 1 amide bonds. The Morgan fingerprint density at radius 3 is 2.47 bits per heavy atom. The highest BCUT2D eigenvalue weighted by atomic mass is 16.5. The van der Waals surface area contributed by atoms with Crippen LogP contribution < -0.4 is 16.2 Å². The number of allylic oxidation sites excluding steroid dienone is 1. The van der Waals surface area contributed by atoms with E-state index in [0.29, 0.717) is 16.8 Å². The van der Waals surface area contributed by atoms with E-state index in [1.165, 1.54) is 6.08 Å². The second-order valence-corrected chi connectivity index (χ2v) is 6.41. The van der Waals surface area contributed by atoms with Crippen molar-refractivity contribution in [2.75, 3.05) is 0 Å². The van der Waals surface area contributed by atoms with Crippen LogP contribution in [0.1, 0.15) is 10.4 Å². The lowest BCUT2D eigenvalue weighted by molar-refractivity contribution is 0.0966. The van der Waals surface area contributed by atoms with Crippen molar-refractivity contribution < 1.29 is 18.7 Å². The van der Waals surface area contributed by atoms with Crippen LogP contribution in [0.25, 0.3) is 28.3 Å². The van der Waals surface area contributed by atoms with Crippen molar-refractivity contribution in [3.8, 4) is 16.9 Å². The molecule has 1 aromatic heterocycles. The number of benzene rings is 3. The first-order valence-corrected chi connectivity index (χ1v) is 9.02. The molecule has 0 bridgehead atoms. The third kappa shape index (κ3) is 3.90. The Morgan fingerprint density at radius 2 is 1.70 bits per heavy atom. The van der Waals surface area contributed by atoms with Gasteiger partial charge < -0.3 is 14.9 Å². The molecule has 0 spiro atoms. The van der Waals surface area contributed by atoms with Gasteiger partial charge in [0.05, 0.1) is 5.52 Å². The highest BCUT2D eigenvalue weighted by Crippen LogP contribution is 2.24. The van der Waals surface area contributed by atoms with Gasteiger partial charge in [-0.1, -0.05) is 42.5 Å². The van der Waals surface area contributed by atoms with Crippen molar-refractivity contribution in [1.29, 1.82) is 0 Å². The highest BCUT2D eigenvalue weighted by Gasteiger charge is 2.13. The predicted octanol–water partition coefficient (Wildman–Crippen LogP) is 4.07. The van der Waals surface area contributed by atoms with Crippen LogP contribution in [-0.2, 0) is 0 Å². The fourth-order valence-corrected chi connectivity index (χ4v) is 3.07. The number of nitrogens with zero attached hydrogens (tertiary/aromatic N) is 1. The molecule has 0 saturated heterocycles. The zero-order valence-electron chi connectivity index (χ0n) is 15.6. The molecule has 0 aliphatic carbocycles. The van der Waals surface area contributed by atoms with E-state index in [1.54, 1.807) is 54.6 Å². The van der Waals surface area contributed by atoms with Gasteiger partial charge in [-0.2, -0.15) is 0 Å². The van der Waals surface area contributed by atoms with E-state index in [4.69, 9.17) is 14.9 Å². The van der Waals surface area contributed by atoms with Gasteiger partial charge >= 0.3 is 11.8 Å². The number of aromatic nitrogens is 1. The third-order valence-electron chi connectivity index (χ3n) is 4.42. The number of rotatable bonds is 4. The van der Waals surface area contributed by atoms with Gasteiger partial charge in [0.25, 0.3) is 5.91 Å². The Kier molecular flexibility index (Phi) is 5.00. The minimum Gasteiger partial charge on any atom is -0.411 e. The molecule has 0 unspecified atom stereocenters. The molecule has 1 heterocycles. The van der Waals surface area contributed by atoms with Crippen LogP contribution in [0.15, 0.2) is 88.1 Å². The van der Waals surface area contributed by atoms with Crippen molar-refractivity contribution in [2.45, 2.75) is 0 Å². The molecule has 2 N–H and O–H groups in total. The Bertz CT molecular complexity index is 1330. The van der Waals surface area contributed by atoms with Crippen LogP contribution in [0.2, 0.25) is 0 Å². The third-order valence-corrected chi connectivity index (χ3v) is 4.42. The topological polar surface area (TPSA) is 105 Å². The number of fused-ring (bicyclic) bond motifs is 1. The summed E-state index contributed by atoms with van der Waals surface area (Å²) in [5, 5.41) is 0. The Hall–Kier alpha value is -4.39. The van der Waals surface area contributed by atoms with Gasteiger partial charge in [0.15, 0.2) is 5.58 Å². The summed E-state index contributed by atoms with van der Waals surface area (Å²) in [4.78, 5) is 35.4. The van der Waals surface area contributed by atoms with Crippen molar-refractivity contribution in [3.63, 3.8) is 0 Å². The average Bonchev–Trinajstić information content (AvgIpc) is 3.08. The van der Waals surface area contributed by atoms with Gasteiger partial charge in [0, 0.05) is 6.08 Å². The largest absolute Gasteiger partial charge is 0.427 e. The number of amides is 1. The molecule has 0 atom stereocenters. The fourth-order valence-electron chi connectivity index (χ4n) is 3.07. The van der Waals surface area contributed by atoms with Crippen molar-refractivity contribution >= 4 is 29.2 Å². The van der Waals surface area contributed by atoms with Gasteiger partial charge in [-0.05, 0) is 53.1 Å². The molecule has 30 heavy (non-hydrogen) atoms. The van der Waals surface area contributed by atoms with Gasteiger partial charge in [-0.25, -0.2) is 14.2 Å². The van der Waals surface area contributed by atoms with E-state index in [0.717, 1.165) is 21.3 Å². The van der Waals surface area contributed by atoms with E-state index in [2.05, 4.69) is 0 Å². The van der Waals surface area contributed by atoms with Crippen molar-refractivity contribution in [1.82, 2.24) is 4.57 Å². The molecule has 148 valence electrons. The molecule has 3 aromatic carbocycles. The fraction of sp³-hybridized carbons (Fsp3) is 0. The quantitative estimate of drug-likeness (QED) is 0.520. The predicted molar refractivity (Wildman–Crippen MR) is 112 cm³/mol. The van der Waals surface area contributed by atoms with Gasteiger partial charge in [-0.15, -0.1) is 0 Å². The molecule has 7 nitrogen and oxygen atoms in total. The maximum Gasteiger partial charge on any atom is 0.427 e. The van der Waals surface area contributed by atoms with Crippen LogP contribution in [0.4, 0.5) is 4.79 Å². The lowest BCUT2D eigenvalue weighted by Gasteiger charge is -2.05. The van der Waals surface area contributed by atoms with E-state index in [1.807, 2.05) is 24.3 Å². The molecule has 7 heteroatoms. The number of carbonyl (C=O) groups excluding carboxylic acids is 2. The maximum absolute atomic E-state index is 12.6. The van der Waals surface area contributed by atoms with Crippen LogP contribution in [-0.4, -0.2) is 16.6 Å². The number of primary amides is 1. The van der Waals surface area contributed by atoms with Gasteiger partial charge in [-0.3, -0.25) is 4.79 Å². The SMILES string of the molecule is NC(=O)Oc1ccc(-c2cccc(/C=C/C(=O)n3c(=O)oc4ccccc43)c2)cc1. The van der Waals surface area contributed by atoms with Gasteiger partial charge in [0.2, 0.25) is 0 Å². The zero-order valence-corrected chi connectivity index (χ0v) is 15.6. The smallest absolute Gasteiger partial charge is 0.411 e. The van der Waals surface area contributed by atoms with Crippen molar-refractivity contribution in [2.24, 2.45) is 5.73 Å². The molecule has 4 aromatic rings. The Morgan fingerprint density at radius 1 is 0.933 bits per heavy atom. The monoisotopic (exact) mass is 400 g/mol. The van der Waals surface area contributed by atoms with E-state index >= 15 is 0 Å². The summed E-state index contributed by atoms with van der Waals surface area (Å²) in [7, 11) is 0. The summed E-state index contributed by atoms with van der Waals surface area (Å²) in [6, 6.07) is 21.1. The minimum absolute atomic E-state index is 0.352. The summed E-state index contributed by atoms with van der Waals surface area (Å²) in [5.74, 6) is -0.869. The summed E-state index contributed by atoms with van der Waals surface area (Å²) in [6.07, 6.45) is 2.08. The molecule has 0 radical (unpaired) electrons. The molecule has 0 aliphatic rings. The second kappa shape index (κ2) is 7.92. The molecular weight excluding hydrogens is 384 g/mol. The standard InChI is InChI=1S/C23H16N2O5/c24-22(27)29-18-11-9-16(10-12-18)17-5-3-4-15(14-17)8-13-21(26)25-19-6-1-2-7-20(19)30-23(25)28/h1-14H,(H2,24,27)/b13-8+. The number of oxazole rings is 1. The lowest BCUT2D eigenvalue weighted by atomic mass is 10.0. The summed E-state index contributed by atoms with van der Waals surface area (Å²) in [5.41, 5.74) is 8.35. The van der Waals surface area contributed by atoms with E-state index < -0.39 is 17.8 Å². The first kappa shape index (κ1) is 18.9. The Labute approximate surface area is 170 Å². The number of hydrogen-bond acceptors (Lipinski definition) is 5. The first-order valence-electron chi connectivity index (χ1n) is 9.02. The zero-order chi connectivity index (χ0) is 21.1. The number of nitrogens with two attached hydrogens (primary N) is 1. The summed E-state index contributed by atoms with van der Waals surface area (Å²) in [6.45, 7) is 0. The molecule has 0 fully saturated rings. The minimum atomic E-state index is -0.871. The highest BCUT2D eigenvalue weighted by molar-refractivity contribution is 5.98. The average molecular weight is 400 g/mol. The number of carbonyl (C=O) groups is 2. The number of ether oxygens (including phenoxy) is 1. The molecule has 0 saturated carbocycles. The van der Waals surface area contributed by atoms with Gasteiger partial charge in [0.1, 0.15) is 5.75 Å². The van der Waals surface area contributed by atoms with E-state index in [9.17, 15) is 14.4 Å².